The van der Waals surface area contributed by atoms with Crippen LogP contribution in [0.2, 0.25) is 0 Å². The molecule has 0 aromatic heterocycles. The molecule has 0 saturated heterocycles. The average molecular weight is 776 g/mol. The maximum atomic E-state index is 13.0. The van der Waals surface area contributed by atoms with Crippen LogP contribution in [-0.2, 0) is 30.4 Å². The molecule has 19 heteroatoms. The van der Waals surface area contributed by atoms with E-state index in [9.17, 15) is 48.8 Å². The summed E-state index contributed by atoms with van der Waals surface area (Å²) in [5, 5.41) is 30.2. The van der Waals surface area contributed by atoms with E-state index >= 15 is 0 Å². The van der Waals surface area contributed by atoms with Crippen molar-refractivity contribution < 1.29 is 48.8 Å². The molecular formula is C34H25N5O11S3. The van der Waals surface area contributed by atoms with Crippen LogP contribution in [0, 0.1) is 6.92 Å². The van der Waals surface area contributed by atoms with Crippen LogP contribution in [0.4, 0.5) is 28.4 Å². The number of aryl methyl sites for hydroxylation is 1. The van der Waals surface area contributed by atoms with E-state index in [-0.39, 0.29) is 43.6 Å². The summed E-state index contributed by atoms with van der Waals surface area (Å²) in [5.41, 5.74) is 2.33. The van der Waals surface area contributed by atoms with Gasteiger partial charge >= 0.3 is 0 Å². The molecule has 270 valence electrons. The van der Waals surface area contributed by atoms with E-state index in [1.807, 2.05) is 0 Å². The van der Waals surface area contributed by atoms with Gasteiger partial charge in [-0.3, -0.25) is 18.5 Å². The first-order valence-corrected chi connectivity index (χ1v) is 19.3. The monoisotopic (exact) mass is 775 g/mol. The van der Waals surface area contributed by atoms with Crippen LogP contribution in [0.25, 0.3) is 21.5 Å². The number of carbonyl (C=O) groups excluding carboxylic acids is 1. The fourth-order valence-corrected chi connectivity index (χ4v) is 7.32. The highest BCUT2D eigenvalue weighted by atomic mass is 32.2. The van der Waals surface area contributed by atoms with Crippen molar-refractivity contribution in [2.24, 2.45) is 20.5 Å². The Bertz CT molecular complexity index is 2880. The molecule has 5 N–H and O–H groups in total. The quantitative estimate of drug-likeness (QED) is 0.0698. The zero-order valence-corrected chi connectivity index (χ0v) is 29.4. The van der Waals surface area contributed by atoms with Gasteiger partial charge in [-0.15, -0.1) is 5.11 Å². The highest BCUT2D eigenvalue weighted by Gasteiger charge is 2.21. The van der Waals surface area contributed by atoms with Crippen molar-refractivity contribution in [3.8, 4) is 5.75 Å². The predicted molar refractivity (Wildman–Crippen MR) is 193 cm³/mol. The number of amides is 1. The molecule has 0 spiro atoms. The van der Waals surface area contributed by atoms with E-state index in [1.165, 1.54) is 72.8 Å². The molecule has 0 aliphatic heterocycles. The Morgan fingerprint density at radius 1 is 0.585 bits per heavy atom. The van der Waals surface area contributed by atoms with Crippen molar-refractivity contribution >= 4 is 86.2 Å². The molecule has 6 rings (SSSR count). The second-order valence-electron chi connectivity index (χ2n) is 11.4. The number of fused-ring (bicyclic) bond motifs is 2. The van der Waals surface area contributed by atoms with Gasteiger partial charge in [-0.2, -0.15) is 40.6 Å². The van der Waals surface area contributed by atoms with Crippen LogP contribution in [0.5, 0.6) is 5.75 Å². The Labute approximate surface area is 301 Å². The van der Waals surface area contributed by atoms with Crippen LogP contribution < -0.4 is 5.32 Å². The summed E-state index contributed by atoms with van der Waals surface area (Å²) in [5.74, 6) is -0.773. The van der Waals surface area contributed by atoms with Gasteiger partial charge in [0, 0.05) is 27.4 Å². The third-order valence-corrected chi connectivity index (χ3v) is 10.5. The summed E-state index contributed by atoms with van der Waals surface area (Å²) in [7, 11) is -14.2. The molecule has 0 radical (unpaired) electrons. The number of hydrogen-bond acceptors (Lipinski definition) is 12. The Kier molecular flexibility index (Phi) is 9.64. The molecular weight excluding hydrogens is 751 g/mol. The van der Waals surface area contributed by atoms with Crippen molar-refractivity contribution in [3.63, 3.8) is 0 Å². The van der Waals surface area contributed by atoms with Crippen LogP contribution in [0.1, 0.15) is 15.9 Å². The summed E-state index contributed by atoms with van der Waals surface area (Å²) in [6.45, 7) is 1.72. The van der Waals surface area contributed by atoms with Gasteiger partial charge in [0.15, 0.2) is 5.75 Å². The third kappa shape index (κ3) is 8.09. The third-order valence-electron chi connectivity index (χ3n) is 7.83. The summed E-state index contributed by atoms with van der Waals surface area (Å²) in [6.07, 6.45) is 0. The molecule has 1 amide bonds. The lowest BCUT2D eigenvalue weighted by atomic mass is 10.1. The maximum Gasteiger partial charge on any atom is 0.295 e. The van der Waals surface area contributed by atoms with E-state index in [2.05, 4.69) is 25.8 Å². The zero-order valence-electron chi connectivity index (χ0n) is 27.0. The number of phenols is 1. The van der Waals surface area contributed by atoms with Crippen LogP contribution in [0.3, 0.4) is 0 Å². The fourth-order valence-electron chi connectivity index (χ4n) is 5.27. The van der Waals surface area contributed by atoms with E-state index in [0.29, 0.717) is 34.3 Å². The molecule has 0 atom stereocenters. The van der Waals surface area contributed by atoms with Crippen molar-refractivity contribution in [2.45, 2.75) is 21.6 Å². The lowest BCUT2D eigenvalue weighted by molar-refractivity contribution is 0.102. The van der Waals surface area contributed by atoms with Crippen molar-refractivity contribution in [2.75, 3.05) is 5.32 Å². The minimum atomic E-state index is -4.89. The first-order chi connectivity index (χ1) is 24.9. The van der Waals surface area contributed by atoms with Crippen LogP contribution >= 0.6 is 0 Å². The minimum absolute atomic E-state index is 0.0468. The molecule has 53 heavy (non-hydrogen) atoms. The van der Waals surface area contributed by atoms with Gasteiger partial charge in [-0.1, -0.05) is 24.3 Å². The standard InChI is InChI=1S/C34H25N5O11S3/c1-19-15-23(11-13-29(19)38-37-24-10-7-21-16-25(51(42,43)44)18-32(28(21)17-24)53(48,49)50)35-34(41)20-5-8-22(9-6-20)36-39-30-14-12-26-27(33(30)40)3-2-4-31(26)52(45,46)47/h2-18,40H,1H3,(H,35,41)(H,42,43,44)(H,45,46,47)(H,48,49,50). The lowest BCUT2D eigenvalue weighted by Gasteiger charge is -2.08. The zero-order chi connectivity index (χ0) is 38.3. The van der Waals surface area contributed by atoms with Crippen molar-refractivity contribution in [1.82, 2.24) is 0 Å². The fraction of sp³-hybridized carbons (Fsp3) is 0.0294. The molecule has 0 aliphatic carbocycles. The Morgan fingerprint density at radius 2 is 1.23 bits per heavy atom. The summed E-state index contributed by atoms with van der Waals surface area (Å²) in [4.78, 5) is 11.1. The highest BCUT2D eigenvalue weighted by molar-refractivity contribution is 7.87. The number of hydrogen-bond donors (Lipinski definition) is 5. The Hall–Kier alpha value is -5.96. The topological polar surface area (TPSA) is 262 Å². The van der Waals surface area contributed by atoms with E-state index in [1.54, 1.807) is 25.1 Å². The number of phenolic OH excluding ortho intramolecular Hbond substituents is 1. The molecule has 0 aliphatic rings. The average Bonchev–Trinajstić information content (AvgIpc) is 3.09. The number of anilines is 1. The smallest absolute Gasteiger partial charge is 0.295 e. The molecule has 6 aromatic rings. The Morgan fingerprint density at radius 3 is 1.89 bits per heavy atom. The molecule has 0 heterocycles. The highest BCUT2D eigenvalue weighted by Crippen LogP contribution is 2.38. The van der Waals surface area contributed by atoms with Gasteiger partial charge in [0.05, 0.1) is 22.0 Å². The van der Waals surface area contributed by atoms with Gasteiger partial charge in [0.25, 0.3) is 36.3 Å². The van der Waals surface area contributed by atoms with Crippen molar-refractivity contribution in [1.29, 1.82) is 0 Å². The minimum Gasteiger partial charge on any atom is -0.505 e. The SMILES string of the molecule is Cc1cc(NC(=O)c2ccc(N=Nc3ccc4c(S(=O)(=O)O)cccc4c3O)cc2)ccc1N=Nc1ccc2cc(S(=O)(=O)O)cc(S(=O)(=O)O)c2c1. The molecule has 0 saturated carbocycles. The summed E-state index contributed by atoms with van der Waals surface area (Å²) >= 11 is 0. The van der Waals surface area contributed by atoms with E-state index in [4.69, 9.17) is 0 Å². The van der Waals surface area contributed by atoms with Crippen molar-refractivity contribution in [3.05, 3.63) is 114 Å². The molecule has 6 aromatic carbocycles. The van der Waals surface area contributed by atoms with E-state index < -0.39 is 46.1 Å². The molecule has 0 bridgehead atoms. The van der Waals surface area contributed by atoms with Gasteiger partial charge in [0.2, 0.25) is 0 Å². The first-order valence-electron chi connectivity index (χ1n) is 15.0. The maximum absolute atomic E-state index is 13.0. The molecule has 16 nitrogen and oxygen atoms in total. The second kappa shape index (κ2) is 13.9. The number of rotatable bonds is 9. The van der Waals surface area contributed by atoms with Gasteiger partial charge in [-0.05, 0) is 96.7 Å². The number of azo groups is 2. The van der Waals surface area contributed by atoms with Crippen LogP contribution in [-0.4, -0.2) is 49.9 Å². The number of benzene rings is 6. The summed E-state index contributed by atoms with van der Waals surface area (Å²) < 4.78 is 99.1. The van der Waals surface area contributed by atoms with Gasteiger partial charge in [0.1, 0.15) is 15.5 Å². The molecule has 0 unspecified atom stereocenters. The number of carbonyl (C=O) groups is 1. The normalized spacial score (nSPS) is 12.6. The van der Waals surface area contributed by atoms with Crippen LogP contribution in [0.15, 0.2) is 138 Å². The molecule has 0 fully saturated rings. The predicted octanol–water partition coefficient (Wildman–Crippen LogP) is 7.83. The largest absolute Gasteiger partial charge is 0.505 e. The van der Waals surface area contributed by atoms with E-state index in [0.717, 1.165) is 6.07 Å². The Balaban J connectivity index is 1.14. The van der Waals surface area contributed by atoms with Gasteiger partial charge in [-0.25, -0.2) is 0 Å². The summed E-state index contributed by atoms with van der Waals surface area (Å²) in [6, 6.07) is 23.5. The number of nitrogens with zero attached hydrogens (tertiary/aromatic N) is 4. The first kappa shape index (κ1) is 36.8. The number of aromatic hydroxyl groups is 1. The van der Waals surface area contributed by atoms with Gasteiger partial charge < -0.3 is 10.4 Å². The number of nitrogens with one attached hydrogen (secondary N) is 1. The second-order valence-corrected chi connectivity index (χ2v) is 15.6. The lowest BCUT2D eigenvalue weighted by Crippen LogP contribution is -2.11.